The Labute approximate surface area is 244 Å². The zero-order chi connectivity index (χ0) is 29.3. The number of aromatic hydroxyl groups is 1. The Bertz CT molecular complexity index is 1130. The molecular weight excluding hydrogens is 530 g/mol. The molecule has 40 heavy (non-hydrogen) atoms. The van der Waals surface area contributed by atoms with Crippen LogP contribution in [0.5, 0.6) is 11.5 Å². The summed E-state index contributed by atoms with van der Waals surface area (Å²) in [4.78, 5) is 12.0. The van der Waals surface area contributed by atoms with E-state index in [1.807, 2.05) is 0 Å². The van der Waals surface area contributed by atoms with Gasteiger partial charge < -0.3 is 24.5 Å². The lowest BCUT2D eigenvalue weighted by Gasteiger charge is -2.43. The monoisotopic (exact) mass is 575 g/mol. The van der Waals surface area contributed by atoms with Gasteiger partial charge in [-0.05, 0) is 50.0 Å². The SMILES string of the molecule is COc1c(Cl)c(C)c(C=NCO)c(O)c1C/C=C(C)/C=C/[C@@]1(C)[C@H](C)CC/C(=N\OCCN2CCOCC2)[C@@H]1C. The highest BCUT2D eigenvalue weighted by Crippen LogP contribution is 2.45. The summed E-state index contributed by atoms with van der Waals surface area (Å²) in [5.74, 6) is 1.24. The summed E-state index contributed by atoms with van der Waals surface area (Å²) < 4.78 is 11.0. The molecule has 0 spiro atoms. The van der Waals surface area contributed by atoms with Crippen LogP contribution in [0, 0.1) is 24.2 Å². The second-order valence-electron chi connectivity index (χ2n) is 11.0. The number of phenolic OH excluding ortho intramolecular Hbond substituents is 1. The summed E-state index contributed by atoms with van der Waals surface area (Å²) in [6.07, 6.45) is 10.4. The van der Waals surface area contributed by atoms with E-state index in [4.69, 9.17) is 31.0 Å². The first-order chi connectivity index (χ1) is 19.1. The second-order valence-corrected chi connectivity index (χ2v) is 11.4. The van der Waals surface area contributed by atoms with Crippen molar-refractivity contribution >= 4 is 23.5 Å². The van der Waals surface area contributed by atoms with Crippen molar-refractivity contribution in [3.63, 3.8) is 0 Å². The molecule has 2 fully saturated rings. The Hall–Kier alpha value is -2.39. The van der Waals surface area contributed by atoms with Crippen LogP contribution in [-0.4, -0.2) is 80.3 Å². The topological polar surface area (TPSA) is 96.1 Å². The molecule has 0 amide bonds. The zero-order valence-electron chi connectivity index (χ0n) is 24.9. The summed E-state index contributed by atoms with van der Waals surface area (Å²) in [6.45, 7) is 15.3. The number of aliphatic imine (C=N–C) groups is 1. The number of ether oxygens (including phenoxy) is 2. The zero-order valence-corrected chi connectivity index (χ0v) is 25.6. The minimum atomic E-state index is -0.371. The first-order valence-electron chi connectivity index (χ1n) is 14.2. The first-order valence-corrected chi connectivity index (χ1v) is 14.5. The van der Waals surface area contributed by atoms with Gasteiger partial charge in [-0.25, -0.2) is 0 Å². The molecule has 1 saturated carbocycles. The fourth-order valence-corrected chi connectivity index (χ4v) is 5.73. The molecule has 0 unspecified atom stereocenters. The van der Waals surface area contributed by atoms with Crippen LogP contribution in [0.4, 0.5) is 0 Å². The molecule has 2 N–H and O–H groups in total. The van der Waals surface area contributed by atoms with E-state index in [0.29, 0.717) is 46.4 Å². The molecule has 1 aliphatic heterocycles. The third-order valence-corrected chi connectivity index (χ3v) is 9.15. The Balaban J connectivity index is 1.72. The van der Waals surface area contributed by atoms with Crippen LogP contribution in [0.1, 0.15) is 57.2 Å². The standard InChI is InChI=1S/C31H46ClN3O5/c1-21(7-9-25-29(37)26(19-33-20-36)23(3)28(32)30(25)38-6)11-12-31(5)22(2)8-10-27(24(31)4)34-40-18-15-35-13-16-39-17-14-35/h7,11-12,19,22,24,36-37H,8-10,13-18,20H2,1-6H3/b12-11+,21-7+,33-19?,34-27+/t22-,24+,31+/m1/s1. The van der Waals surface area contributed by atoms with Crippen LogP contribution in [0.3, 0.4) is 0 Å². The summed E-state index contributed by atoms with van der Waals surface area (Å²) in [5.41, 5.74) is 3.83. The molecule has 222 valence electrons. The van der Waals surface area contributed by atoms with Gasteiger partial charge in [0.1, 0.15) is 24.8 Å². The van der Waals surface area contributed by atoms with E-state index in [-0.39, 0.29) is 23.8 Å². The average Bonchev–Trinajstić information content (AvgIpc) is 2.96. The molecule has 0 aromatic heterocycles. The van der Waals surface area contributed by atoms with Crippen molar-refractivity contribution in [2.45, 2.75) is 53.9 Å². The van der Waals surface area contributed by atoms with E-state index >= 15 is 0 Å². The van der Waals surface area contributed by atoms with Gasteiger partial charge in [0.15, 0.2) is 0 Å². The molecule has 9 heteroatoms. The molecular formula is C31H46ClN3O5. The number of morpholine rings is 1. The number of benzene rings is 1. The molecule has 1 aromatic carbocycles. The Morgan fingerprint density at radius 1 is 1.27 bits per heavy atom. The van der Waals surface area contributed by atoms with Gasteiger partial charge in [0.2, 0.25) is 0 Å². The lowest BCUT2D eigenvalue weighted by molar-refractivity contribution is 0.0206. The van der Waals surface area contributed by atoms with Gasteiger partial charge in [0, 0.05) is 42.9 Å². The molecule has 0 bridgehead atoms. The van der Waals surface area contributed by atoms with Gasteiger partial charge in [0.05, 0.1) is 31.1 Å². The third kappa shape index (κ3) is 7.66. The van der Waals surface area contributed by atoms with Gasteiger partial charge in [-0.3, -0.25) is 9.89 Å². The van der Waals surface area contributed by atoms with Crippen molar-refractivity contribution in [1.82, 2.24) is 4.90 Å². The van der Waals surface area contributed by atoms with E-state index in [2.05, 4.69) is 61.0 Å². The lowest BCUT2D eigenvalue weighted by Crippen LogP contribution is -2.40. The predicted octanol–water partition coefficient (Wildman–Crippen LogP) is 5.55. The predicted molar refractivity (Wildman–Crippen MR) is 162 cm³/mol. The van der Waals surface area contributed by atoms with Crippen molar-refractivity contribution in [1.29, 1.82) is 0 Å². The number of hydrogen-bond donors (Lipinski definition) is 2. The molecule has 8 nitrogen and oxygen atoms in total. The van der Waals surface area contributed by atoms with Crippen LogP contribution in [0.15, 0.2) is 33.9 Å². The quantitative estimate of drug-likeness (QED) is 0.155. The molecule has 2 aliphatic rings. The van der Waals surface area contributed by atoms with Crippen LogP contribution in [0.25, 0.3) is 0 Å². The third-order valence-electron chi connectivity index (χ3n) is 8.70. The summed E-state index contributed by atoms with van der Waals surface area (Å²) in [7, 11) is 1.54. The molecule has 1 aliphatic carbocycles. The minimum absolute atomic E-state index is 0.0555. The van der Waals surface area contributed by atoms with E-state index in [1.165, 1.54) is 6.21 Å². The largest absolute Gasteiger partial charge is 0.507 e. The maximum atomic E-state index is 11.0. The number of halogens is 1. The van der Waals surface area contributed by atoms with Crippen LogP contribution in [0.2, 0.25) is 5.02 Å². The molecule has 0 radical (unpaired) electrons. The van der Waals surface area contributed by atoms with Gasteiger partial charge in [-0.1, -0.05) is 61.3 Å². The molecule has 1 saturated heterocycles. The summed E-state index contributed by atoms with van der Waals surface area (Å²) in [6, 6.07) is 0. The first kappa shape index (κ1) is 32.1. The number of nitrogens with zero attached hydrogens (tertiary/aromatic N) is 3. The molecule has 3 atom stereocenters. The molecule has 3 rings (SSSR count). The molecule has 1 heterocycles. The van der Waals surface area contributed by atoms with Crippen LogP contribution in [-0.2, 0) is 16.0 Å². The minimum Gasteiger partial charge on any atom is -0.507 e. The summed E-state index contributed by atoms with van der Waals surface area (Å²) in [5, 5.41) is 25.1. The van der Waals surface area contributed by atoms with Gasteiger partial charge >= 0.3 is 0 Å². The van der Waals surface area contributed by atoms with Crippen molar-refractivity contribution < 1.29 is 24.5 Å². The van der Waals surface area contributed by atoms with Crippen molar-refractivity contribution in [2.75, 3.05) is 53.3 Å². The summed E-state index contributed by atoms with van der Waals surface area (Å²) >= 11 is 6.56. The van der Waals surface area contributed by atoms with Crippen molar-refractivity contribution in [3.8, 4) is 11.5 Å². The fraction of sp³-hybridized carbons (Fsp3) is 0.613. The number of aliphatic hydroxyl groups excluding tert-OH is 1. The van der Waals surface area contributed by atoms with Gasteiger partial charge in [-0.2, -0.15) is 0 Å². The highest BCUT2D eigenvalue weighted by Gasteiger charge is 2.41. The Morgan fingerprint density at radius 2 is 2.00 bits per heavy atom. The number of allylic oxidation sites excluding steroid dienone is 4. The van der Waals surface area contributed by atoms with E-state index in [1.54, 1.807) is 14.0 Å². The van der Waals surface area contributed by atoms with Gasteiger partial charge in [0.25, 0.3) is 0 Å². The number of phenols is 1. The smallest absolute Gasteiger partial charge is 0.144 e. The number of methoxy groups -OCH3 is 1. The highest BCUT2D eigenvalue weighted by molar-refractivity contribution is 6.33. The van der Waals surface area contributed by atoms with Crippen LogP contribution >= 0.6 is 11.6 Å². The Kier molecular flexibility index (Phi) is 12.1. The van der Waals surface area contributed by atoms with E-state index < -0.39 is 0 Å². The number of oxime groups is 1. The fourth-order valence-electron chi connectivity index (χ4n) is 5.44. The van der Waals surface area contributed by atoms with Gasteiger partial charge in [-0.15, -0.1) is 0 Å². The molecule has 1 aromatic rings. The van der Waals surface area contributed by atoms with Crippen molar-refractivity contribution in [2.24, 2.45) is 27.4 Å². The van der Waals surface area contributed by atoms with E-state index in [9.17, 15) is 5.11 Å². The van der Waals surface area contributed by atoms with Crippen LogP contribution < -0.4 is 4.74 Å². The maximum absolute atomic E-state index is 11.0. The Morgan fingerprint density at radius 3 is 2.67 bits per heavy atom. The maximum Gasteiger partial charge on any atom is 0.144 e. The number of rotatable bonds is 11. The average molecular weight is 576 g/mol. The normalized spacial score (nSPS) is 25.8. The highest BCUT2D eigenvalue weighted by atomic mass is 35.5. The second kappa shape index (κ2) is 15.0. The number of aliphatic hydroxyl groups is 1. The van der Waals surface area contributed by atoms with Crippen molar-refractivity contribution in [3.05, 3.63) is 45.5 Å². The lowest BCUT2D eigenvalue weighted by atomic mass is 9.61. The van der Waals surface area contributed by atoms with E-state index in [0.717, 1.165) is 57.0 Å². The number of hydrogen-bond acceptors (Lipinski definition) is 8.